The number of ether oxygens (including phenoxy) is 1. The summed E-state index contributed by atoms with van der Waals surface area (Å²) in [6.45, 7) is 2.12. The van der Waals surface area contributed by atoms with Crippen molar-refractivity contribution in [3.63, 3.8) is 0 Å². The lowest BCUT2D eigenvalue weighted by molar-refractivity contribution is -0.172. The number of para-hydroxylation sites is 1. The van der Waals surface area contributed by atoms with Gasteiger partial charge in [0.25, 0.3) is 17.4 Å². The molecule has 2 unspecified atom stereocenters. The maximum Gasteiger partial charge on any atom is 0.272 e. The van der Waals surface area contributed by atoms with Gasteiger partial charge >= 0.3 is 0 Å². The predicted octanol–water partition coefficient (Wildman–Crippen LogP) is 4.36. The summed E-state index contributed by atoms with van der Waals surface area (Å²) in [5.41, 5.74) is -0.209. The molecule has 2 amide bonds. The standard InChI is InChI=1S/C26H25ClN2O4/c1-3-29(19-13-8-5-9-14-19)25(31)26(32)23(33-17-18-11-6-4-7-12-18)22-20(27)15-10-16-21(22)28(2)24(26)30/h4-16,23,32H,3,17H2,1-2H3. The molecule has 33 heavy (non-hydrogen) atoms. The average molecular weight is 465 g/mol. The molecule has 0 spiro atoms. The zero-order valence-electron chi connectivity index (χ0n) is 18.4. The predicted molar refractivity (Wildman–Crippen MR) is 128 cm³/mol. The molecule has 1 aliphatic rings. The quantitative estimate of drug-likeness (QED) is 0.550. The van der Waals surface area contributed by atoms with Gasteiger partial charge < -0.3 is 19.6 Å². The van der Waals surface area contributed by atoms with E-state index < -0.39 is 23.5 Å². The van der Waals surface area contributed by atoms with Crippen LogP contribution in [0.1, 0.15) is 24.2 Å². The highest BCUT2D eigenvalue weighted by atomic mass is 35.5. The topological polar surface area (TPSA) is 70.1 Å². The summed E-state index contributed by atoms with van der Waals surface area (Å²) in [6.07, 6.45) is -1.30. The smallest absolute Gasteiger partial charge is 0.272 e. The molecular formula is C26H25ClN2O4. The van der Waals surface area contributed by atoms with Crippen LogP contribution >= 0.6 is 11.6 Å². The summed E-state index contributed by atoms with van der Waals surface area (Å²) >= 11 is 6.54. The molecule has 0 aromatic heterocycles. The van der Waals surface area contributed by atoms with Gasteiger partial charge in [-0.2, -0.15) is 0 Å². The number of fused-ring (bicyclic) bond motifs is 1. The van der Waals surface area contributed by atoms with Crippen LogP contribution in [0.2, 0.25) is 5.02 Å². The maximum atomic E-state index is 13.9. The number of hydrogen-bond acceptors (Lipinski definition) is 4. The van der Waals surface area contributed by atoms with Gasteiger partial charge in [0.1, 0.15) is 6.10 Å². The van der Waals surface area contributed by atoms with Gasteiger partial charge in [0.15, 0.2) is 0 Å². The molecule has 3 aromatic rings. The first-order chi connectivity index (χ1) is 15.9. The molecule has 0 bridgehead atoms. The summed E-state index contributed by atoms with van der Waals surface area (Å²) in [6, 6.07) is 23.4. The Hall–Kier alpha value is -3.19. The second-order valence-electron chi connectivity index (χ2n) is 7.86. The Bertz CT molecular complexity index is 1160. The van der Waals surface area contributed by atoms with E-state index in [4.69, 9.17) is 16.3 Å². The molecule has 7 heteroatoms. The average Bonchev–Trinajstić information content (AvgIpc) is 2.84. The number of nitrogens with zero attached hydrogens (tertiary/aromatic N) is 2. The third-order valence-corrected chi connectivity index (χ3v) is 6.21. The van der Waals surface area contributed by atoms with Gasteiger partial charge in [-0.15, -0.1) is 0 Å². The van der Waals surface area contributed by atoms with Gasteiger partial charge in [0.05, 0.1) is 12.3 Å². The molecule has 170 valence electrons. The van der Waals surface area contributed by atoms with Gasteiger partial charge in [0.2, 0.25) is 0 Å². The van der Waals surface area contributed by atoms with Crippen molar-refractivity contribution >= 4 is 34.8 Å². The number of halogens is 1. The Labute approximate surface area is 198 Å². The molecule has 1 N–H and O–H groups in total. The van der Waals surface area contributed by atoms with Crippen molar-refractivity contribution in [3.05, 3.63) is 95.0 Å². The fourth-order valence-corrected chi connectivity index (χ4v) is 4.45. The Balaban J connectivity index is 1.83. The molecule has 3 aromatic carbocycles. The minimum absolute atomic E-state index is 0.0835. The van der Waals surface area contributed by atoms with Crippen LogP contribution < -0.4 is 9.80 Å². The van der Waals surface area contributed by atoms with Crippen LogP contribution in [0.15, 0.2) is 78.9 Å². The summed E-state index contributed by atoms with van der Waals surface area (Å²) < 4.78 is 6.13. The number of hydrogen-bond donors (Lipinski definition) is 1. The van der Waals surface area contributed by atoms with E-state index in [1.165, 1.54) is 16.8 Å². The lowest BCUT2D eigenvalue weighted by atomic mass is 9.83. The van der Waals surface area contributed by atoms with Gasteiger partial charge in [-0.3, -0.25) is 9.59 Å². The van der Waals surface area contributed by atoms with E-state index in [0.717, 1.165) is 5.56 Å². The van der Waals surface area contributed by atoms with Crippen molar-refractivity contribution in [2.24, 2.45) is 0 Å². The summed E-state index contributed by atoms with van der Waals surface area (Å²) in [7, 11) is 1.52. The third-order valence-electron chi connectivity index (χ3n) is 5.88. The van der Waals surface area contributed by atoms with Gasteiger partial charge in [-0.1, -0.05) is 66.2 Å². The van der Waals surface area contributed by atoms with Crippen LogP contribution in [0, 0.1) is 0 Å². The van der Waals surface area contributed by atoms with Crippen LogP contribution in [-0.2, 0) is 20.9 Å². The van der Waals surface area contributed by atoms with Crippen LogP contribution in [0.4, 0.5) is 11.4 Å². The largest absolute Gasteiger partial charge is 0.369 e. The minimum atomic E-state index is -2.51. The van der Waals surface area contributed by atoms with E-state index >= 15 is 0 Å². The number of amides is 2. The summed E-state index contributed by atoms with van der Waals surface area (Å²) in [4.78, 5) is 30.0. The van der Waals surface area contributed by atoms with E-state index in [9.17, 15) is 14.7 Å². The van der Waals surface area contributed by atoms with Crippen molar-refractivity contribution in [2.75, 3.05) is 23.4 Å². The zero-order chi connectivity index (χ0) is 23.6. The maximum absolute atomic E-state index is 13.9. The lowest BCUT2D eigenvalue weighted by Crippen LogP contribution is -2.64. The monoisotopic (exact) mass is 464 g/mol. The Morgan fingerprint density at radius 1 is 1.06 bits per heavy atom. The number of anilines is 2. The molecule has 4 rings (SSSR count). The number of carbonyl (C=O) groups is 2. The normalized spacial score (nSPS) is 19.8. The Morgan fingerprint density at radius 3 is 2.33 bits per heavy atom. The van der Waals surface area contributed by atoms with E-state index in [0.29, 0.717) is 22.0 Å². The second-order valence-corrected chi connectivity index (χ2v) is 8.27. The van der Waals surface area contributed by atoms with Crippen LogP contribution in [0.5, 0.6) is 0 Å². The third kappa shape index (κ3) is 4.02. The van der Waals surface area contributed by atoms with Gasteiger partial charge in [-0.05, 0) is 36.8 Å². The molecule has 6 nitrogen and oxygen atoms in total. The number of rotatable bonds is 6. The molecule has 0 saturated heterocycles. The molecule has 0 radical (unpaired) electrons. The van der Waals surface area contributed by atoms with Gasteiger partial charge in [0, 0.05) is 29.9 Å². The van der Waals surface area contributed by atoms with Crippen molar-refractivity contribution in [3.8, 4) is 0 Å². The fourth-order valence-electron chi connectivity index (χ4n) is 4.18. The highest BCUT2D eigenvalue weighted by molar-refractivity contribution is 6.32. The minimum Gasteiger partial charge on any atom is -0.369 e. The molecular weight excluding hydrogens is 440 g/mol. The molecule has 0 saturated carbocycles. The lowest BCUT2D eigenvalue weighted by Gasteiger charge is -2.44. The first-order valence-corrected chi connectivity index (χ1v) is 11.1. The van der Waals surface area contributed by atoms with Crippen molar-refractivity contribution < 1.29 is 19.4 Å². The summed E-state index contributed by atoms with van der Waals surface area (Å²) in [5, 5.41) is 12.2. The summed E-state index contributed by atoms with van der Waals surface area (Å²) in [5.74, 6) is -1.54. The van der Waals surface area contributed by atoms with Crippen molar-refractivity contribution in [1.82, 2.24) is 0 Å². The molecule has 0 fully saturated rings. The molecule has 2 atom stereocenters. The molecule has 1 aliphatic heterocycles. The number of aliphatic hydroxyl groups is 1. The van der Waals surface area contributed by atoms with Crippen LogP contribution in [-0.4, -0.2) is 36.1 Å². The Morgan fingerprint density at radius 2 is 1.70 bits per heavy atom. The van der Waals surface area contributed by atoms with Crippen LogP contribution in [0.25, 0.3) is 0 Å². The number of benzene rings is 3. The number of carbonyl (C=O) groups excluding carboxylic acids is 2. The SMILES string of the molecule is CCN(C(=O)C1(O)C(=O)N(C)c2cccc(Cl)c2C1OCc1ccccc1)c1ccccc1. The first kappa shape index (κ1) is 23.0. The molecule has 1 heterocycles. The van der Waals surface area contributed by atoms with E-state index in [-0.39, 0.29) is 13.2 Å². The second kappa shape index (κ2) is 9.35. The van der Waals surface area contributed by atoms with Crippen molar-refractivity contribution in [2.45, 2.75) is 25.2 Å². The van der Waals surface area contributed by atoms with Crippen LogP contribution in [0.3, 0.4) is 0 Å². The zero-order valence-corrected chi connectivity index (χ0v) is 19.2. The highest BCUT2D eigenvalue weighted by Gasteiger charge is 2.59. The van der Waals surface area contributed by atoms with E-state index in [1.807, 2.05) is 36.4 Å². The number of likely N-dealkylation sites (N-methyl/N-ethyl adjacent to an activating group) is 2. The van der Waals surface area contributed by atoms with E-state index in [2.05, 4.69) is 0 Å². The van der Waals surface area contributed by atoms with Crippen molar-refractivity contribution in [1.29, 1.82) is 0 Å². The van der Waals surface area contributed by atoms with Gasteiger partial charge in [-0.25, -0.2) is 0 Å². The molecule has 0 aliphatic carbocycles. The fraction of sp³-hybridized carbons (Fsp3) is 0.231. The van der Waals surface area contributed by atoms with E-state index in [1.54, 1.807) is 49.4 Å². The highest BCUT2D eigenvalue weighted by Crippen LogP contribution is 2.46. The Kier molecular flexibility index (Phi) is 6.51. The first-order valence-electron chi connectivity index (χ1n) is 10.7.